The lowest BCUT2D eigenvalue weighted by atomic mass is 9.45. The minimum absolute atomic E-state index is 0.0316. The average molecular weight is 858 g/mol. The van der Waals surface area contributed by atoms with E-state index in [1.807, 2.05) is 63.4 Å². The molecule has 2 bridgehead atoms. The van der Waals surface area contributed by atoms with Crippen LogP contribution in [0, 0.1) is 34.5 Å². The molecule has 6 rings (SSSR count). The van der Waals surface area contributed by atoms with E-state index < -0.39 is 30.4 Å². The van der Waals surface area contributed by atoms with Gasteiger partial charge < -0.3 is 41.1 Å². The van der Waals surface area contributed by atoms with Crippen molar-refractivity contribution in [1.82, 2.24) is 20.6 Å². The van der Waals surface area contributed by atoms with E-state index in [9.17, 15) is 19.8 Å². The highest BCUT2D eigenvalue weighted by molar-refractivity contribution is 9.10. The van der Waals surface area contributed by atoms with Crippen LogP contribution in [-0.4, -0.2) is 116 Å². The highest BCUT2D eigenvalue weighted by Crippen LogP contribution is 2.61. The van der Waals surface area contributed by atoms with E-state index in [2.05, 4.69) is 79.9 Å². The Morgan fingerprint density at radius 2 is 1.79 bits per heavy atom. The summed E-state index contributed by atoms with van der Waals surface area (Å²) in [6.45, 7) is 17.4. The molecule has 13 heteroatoms. The summed E-state index contributed by atoms with van der Waals surface area (Å²) in [6, 6.07) is 8.36. The number of fused-ring (bicyclic) bond motifs is 2. The maximum atomic E-state index is 14.5. The molecular weight excluding hydrogens is 788 g/mol. The Hall–Kier alpha value is -2.78. The zero-order chi connectivity index (χ0) is 42.5. The fraction of sp³-hybridized carbons (Fsp3) is 0.682. The fourth-order valence-electron chi connectivity index (χ4n) is 9.65. The molecule has 3 saturated carbocycles. The number of hydrogen-bond acceptors (Lipinski definition) is 10. The summed E-state index contributed by atoms with van der Waals surface area (Å²) < 4.78 is 6.75. The SMILES string of the molecule is COc1c(CN2O[C@@H](CO)[C@@](N)([C@H](C)O)[C@H]2C(=O)N[C@H]2C[C@H]3C[C@@H](C2C)C3(C)C)cccc1-c1cc(N(C)C)cc(C(=O)NC(CN(C)C)[C@@H](C)C(C)(C)C)c1Br. The number of para-hydroxylation sites is 1. The summed E-state index contributed by atoms with van der Waals surface area (Å²) in [6.07, 6.45) is -0.174. The second-order valence-corrected chi connectivity index (χ2v) is 20.0. The topological polar surface area (TPSA) is 153 Å². The lowest BCUT2D eigenvalue weighted by molar-refractivity contribution is -0.183. The summed E-state index contributed by atoms with van der Waals surface area (Å²) in [4.78, 5) is 39.1. The Balaban J connectivity index is 1.52. The molecular formula is C44H69BrN6O6. The molecule has 10 atom stereocenters. The number of aliphatic hydroxyl groups excluding tert-OH is 2. The van der Waals surface area contributed by atoms with E-state index in [1.165, 1.54) is 18.4 Å². The standard InChI is InChI=1S/C44H69BrN6O6/c1-24-33-17-28(43(33,7)8)18-34(24)47-41(55)39-44(46,26(3)53)36(23-52)57-51(39)21-27-15-14-16-30(38(27)56-13)31-19-29(50(11)12)20-32(37(31)45)40(54)48-35(22-49(9)10)25(2)42(4,5)6/h14-16,19-20,24-26,28,33-36,39,52-53H,17-18,21-23,46H2,1-13H3,(H,47,55)(H,48,54)/t24?,25-,26+,28-,33+,34+,35?,36+,39-,44+/m1/s1. The van der Waals surface area contributed by atoms with Crippen molar-refractivity contribution >= 4 is 33.4 Å². The van der Waals surface area contributed by atoms with Crippen LogP contribution in [-0.2, 0) is 16.2 Å². The first-order valence-corrected chi connectivity index (χ1v) is 21.2. The molecule has 318 valence electrons. The normalized spacial score (nSPS) is 28.7. The molecule has 4 aliphatic rings. The van der Waals surface area contributed by atoms with Gasteiger partial charge in [0, 0.05) is 59.6 Å². The minimum Gasteiger partial charge on any atom is -0.496 e. The third-order valence-electron chi connectivity index (χ3n) is 14.0. The number of nitrogens with zero attached hydrogens (tertiary/aromatic N) is 3. The van der Waals surface area contributed by atoms with E-state index in [1.54, 1.807) is 7.11 Å². The van der Waals surface area contributed by atoms with Gasteiger partial charge >= 0.3 is 0 Å². The van der Waals surface area contributed by atoms with Crippen molar-refractivity contribution in [2.75, 3.05) is 53.4 Å². The largest absolute Gasteiger partial charge is 0.496 e. The van der Waals surface area contributed by atoms with Crippen molar-refractivity contribution in [3.63, 3.8) is 0 Å². The van der Waals surface area contributed by atoms with Crippen molar-refractivity contribution in [2.24, 2.45) is 40.2 Å². The van der Waals surface area contributed by atoms with Gasteiger partial charge in [-0.15, -0.1) is 0 Å². The number of anilines is 1. The number of methoxy groups -OCH3 is 1. The van der Waals surface area contributed by atoms with Gasteiger partial charge in [-0.2, -0.15) is 5.06 Å². The number of hydrogen-bond donors (Lipinski definition) is 5. The molecule has 3 aliphatic carbocycles. The molecule has 57 heavy (non-hydrogen) atoms. The van der Waals surface area contributed by atoms with Crippen LogP contribution in [0.2, 0.25) is 0 Å². The van der Waals surface area contributed by atoms with Gasteiger partial charge in [0.15, 0.2) is 0 Å². The maximum Gasteiger partial charge on any atom is 0.252 e. The van der Waals surface area contributed by atoms with E-state index >= 15 is 0 Å². The molecule has 2 aromatic carbocycles. The van der Waals surface area contributed by atoms with Crippen molar-refractivity contribution < 1.29 is 29.4 Å². The number of nitrogens with one attached hydrogen (secondary N) is 2. The molecule has 0 spiro atoms. The predicted molar refractivity (Wildman–Crippen MR) is 230 cm³/mol. The Labute approximate surface area is 349 Å². The first-order valence-electron chi connectivity index (χ1n) is 20.4. The lowest BCUT2D eigenvalue weighted by Crippen LogP contribution is -2.69. The number of nitrogens with two attached hydrogens (primary N) is 1. The maximum absolute atomic E-state index is 14.5. The van der Waals surface area contributed by atoms with E-state index in [0.29, 0.717) is 39.7 Å². The van der Waals surface area contributed by atoms with Crippen LogP contribution in [0.4, 0.5) is 5.69 Å². The lowest BCUT2D eigenvalue weighted by Gasteiger charge is -2.62. The minimum atomic E-state index is -1.61. The number of ether oxygens (including phenoxy) is 1. The van der Waals surface area contributed by atoms with Gasteiger partial charge in [-0.05, 0) is 96.4 Å². The quantitative estimate of drug-likeness (QED) is 0.170. The number of halogens is 1. The van der Waals surface area contributed by atoms with Crippen LogP contribution < -0.4 is 26.0 Å². The summed E-state index contributed by atoms with van der Waals surface area (Å²) in [5, 5.41) is 29.8. The first-order chi connectivity index (χ1) is 26.5. The van der Waals surface area contributed by atoms with Crippen LogP contribution >= 0.6 is 15.9 Å². The molecule has 2 unspecified atom stereocenters. The fourth-order valence-corrected chi connectivity index (χ4v) is 10.3. The van der Waals surface area contributed by atoms with Gasteiger partial charge in [0.05, 0.1) is 37.5 Å². The molecule has 1 saturated heterocycles. The van der Waals surface area contributed by atoms with Gasteiger partial charge in [0.1, 0.15) is 17.9 Å². The highest BCUT2D eigenvalue weighted by Gasteiger charge is 2.61. The monoisotopic (exact) mass is 856 g/mol. The van der Waals surface area contributed by atoms with Gasteiger partial charge in [-0.3, -0.25) is 14.4 Å². The van der Waals surface area contributed by atoms with Gasteiger partial charge in [-0.1, -0.05) is 66.7 Å². The second kappa shape index (κ2) is 17.1. The average Bonchev–Trinajstić information content (AvgIpc) is 3.42. The number of likely N-dealkylation sites (N-methyl/N-ethyl adjacent to an activating group) is 1. The van der Waals surface area contributed by atoms with Crippen LogP contribution in [0.5, 0.6) is 5.75 Å². The third-order valence-corrected chi connectivity index (χ3v) is 14.8. The van der Waals surface area contributed by atoms with Crippen molar-refractivity contribution in [1.29, 1.82) is 0 Å². The number of carbonyl (C=O) groups is 2. The predicted octanol–water partition coefficient (Wildman–Crippen LogP) is 5.27. The summed E-state index contributed by atoms with van der Waals surface area (Å²) in [5.74, 6) is 1.49. The van der Waals surface area contributed by atoms with Crippen molar-refractivity contribution in [3.8, 4) is 16.9 Å². The van der Waals surface area contributed by atoms with Crippen molar-refractivity contribution in [2.45, 2.75) is 111 Å². The first kappa shape index (κ1) is 45.3. The van der Waals surface area contributed by atoms with E-state index in [-0.39, 0.29) is 53.1 Å². The second-order valence-electron chi connectivity index (χ2n) is 19.2. The zero-order valence-electron chi connectivity index (χ0n) is 36.4. The summed E-state index contributed by atoms with van der Waals surface area (Å²) in [7, 11) is 9.48. The third kappa shape index (κ3) is 8.63. The number of hydroxylamine groups is 2. The number of amides is 2. The number of aliphatic hydroxyl groups is 2. The van der Waals surface area contributed by atoms with Crippen LogP contribution in [0.1, 0.15) is 84.2 Å². The molecule has 2 amide bonds. The van der Waals surface area contributed by atoms with Gasteiger partial charge in [0.25, 0.3) is 5.91 Å². The molecule has 1 heterocycles. The molecule has 12 nitrogen and oxygen atoms in total. The van der Waals surface area contributed by atoms with E-state index in [4.69, 9.17) is 15.3 Å². The van der Waals surface area contributed by atoms with Gasteiger partial charge in [0.2, 0.25) is 5.91 Å². The summed E-state index contributed by atoms with van der Waals surface area (Å²) >= 11 is 3.83. The Kier molecular flexibility index (Phi) is 13.6. The van der Waals surface area contributed by atoms with Crippen LogP contribution in [0.3, 0.4) is 0 Å². The number of carbonyl (C=O) groups excluding carboxylic acids is 2. The van der Waals surface area contributed by atoms with Crippen molar-refractivity contribution in [3.05, 3.63) is 45.9 Å². The highest BCUT2D eigenvalue weighted by atomic mass is 79.9. The van der Waals surface area contributed by atoms with Crippen LogP contribution in [0.25, 0.3) is 11.1 Å². The van der Waals surface area contributed by atoms with Gasteiger partial charge in [-0.25, -0.2) is 0 Å². The Morgan fingerprint density at radius 3 is 2.32 bits per heavy atom. The molecule has 6 N–H and O–H groups in total. The molecule has 1 aliphatic heterocycles. The van der Waals surface area contributed by atoms with Crippen LogP contribution in [0.15, 0.2) is 34.8 Å². The van der Waals surface area contributed by atoms with E-state index in [0.717, 1.165) is 23.2 Å². The molecule has 0 radical (unpaired) electrons. The number of rotatable bonds is 14. The molecule has 0 aromatic heterocycles. The number of benzene rings is 2. The molecule has 2 aromatic rings. The Bertz CT molecular complexity index is 1780. The molecule has 4 fully saturated rings. The smallest absolute Gasteiger partial charge is 0.252 e. The zero-order valence-corrected chi connectivity index (χ0v) is 38.0. The summed E-state index contributed by atoms with van der Waals surface area (Å²) in [5.41, 5.74) is 9.02. The Morgan fingerprint density at radius 1 is 1.12 bits per heavy atom.